The van der Waals surface area contributed by atoms with Crippen LogP contribution in [0.15, 0.2) is 42.6 Å². The van der Waals surface area contributed by atoms with Crippen molar-refractivity contribution in [3.8, 4) is 0 Å². The molecule has 0 spiro atoms. The van der Waals surface area contributed by atoms with E-state index in [2.05, 4.69) is 4.98 Å². The molecule has 0 aliphatic heterocycles. The lowest BCUT2D eigenvalue weighted by molar-refractivity contribution is -0.112. The Hall–Kier alpha value is -1.96. The Morgan fingerprint density at radius 1 is 1.33 bits per heavy atom. The fourth-order valence-electron chi connectivity index (χ4n) is 1.41. The van der Waals surface area contributed by atoms with Crippen LogP contribution in [0.2, 0.25) is 0 Å². The number of carbonyl (C=O) groups excluding carboxylic acids is 1. The van der Waals surface area contributed by atoms with Crippen molar-refractivity contribution in [3.05, 3.63) is 48.2 Å². The summed E-state index contributed by atoms with van der Waals surface area (Å²) >= 11 is 0. The Kier molecular flexibility index (Phi) is 2.59. The van der Waals surface area contributed by atoms with Gasteiger partial charge >= 0.3 is 0 Å². The zero-order valence-electron chi connectivity index (χ0n) is 8.47. The van der Waals surface area contributed by atoms with Gasteiger partial charge in [0.1, 0.15) is 0 Å². The van der Waals surface area contributed by atoms with Crippen LogP contribution in [0.1, 0.15) is 12.5 Å². The summed E-state index contributed by atoms with van der Waals surface area (Å²) in [6.07, 6.45) is 5.15. The van der Waals surface area contributed by atoms with Crippen LogP contribution in [0.25, 0.3) is 17.0 Å². The smallest absolute Gasteiger partial charge is 0.152 e. The number of benzene rings is 1. The van der Waals surface area contributed by atoms with Gasteiger partial charge in [0.2, 0.25) is 0 Å². The number of allylic oxidation sites excluding steroid dienone is 1. The van der Waals surface area contributed by atoms with E-state index in [0.717, 1.165) is 16.5 Å². The van der Waals surface area contributed by atoms with Crippen molar-refractivity contribution in [2.24, 2.45) is 0 Å². The molecule has 74 valence electrons. The lowest BCUT2D eigenvalue weighted by Gasteiger charge is -1.97. The van der Waals surface area contributed by atoms with E-state index in [9.17, 15) is 4.79 Å². The first-order chi connectivity index (χ1) is 7.25. The Balaban J connectivity index is 2.43. The van der Waals surface area contributed by atoms with Crippen molar-refractivity contribution >= 4 is 22.8 Å². The number of fused-ring (bicyclic) bond motifs is 1. The molecule has 0 unspecified atom stereocenters. The fourth-order valence-corrected chi connectivity index (χ4v) is 1.41. The van der Waals surface area contributed by atoms with E-state index in [0.29, 0.717) is 0 Å². The number of rotatable bonds is 2. The molecular weight excluding hydrogens is 186 g/mol. The summed E-state index contributed by atoms with van der Waals surface area (Å²) in [5, 5.41) is 1.09. The highest BCUT2D eigenvalue weighted by Crippen LogP contribution is 2.14. The largest absolute Gasteiger partial charge is 0.295 e. The van der Waals surface area contributed by atoms with Gasteiger partial charge in [-0.15, -0.1) is 0 Å². The third kappa shape index (κ3) is 2.29. The topological polar surface area (TPSA) is 30.0 Å². The van der Waals surface area contributed by atoms with Crippen molar-refractivity contribution in [2.75, 3.05) is 0 Å². The summed E-state index contributed by atoms with van der Waals surface area (Å²) in [5.41, 5.74) is 1.99. The predicted molar refractivity (Wildman–Crippen MR) is 61.5 cm³/mol. The first kappa shape index (κ1) is 9.59. The van der Waals surface area contributed by atoms with Gasteiger partial charge in [0.05, 0.1) is 5.52 Å². The molecule has 0 radical (unpaired) electrons. The molecule has 1 aromatic carbocycles. The molecule has 0 N–H and O–H groups in total. The van der Waals surface area contributed by atoms with Crippen LogP contribution in [0, 0.1) is 0 Å². The fraction of sp³-hybridized carbons (Fsp3) is 0.0769. The summed E-state index contributed by atoms with van der Waals surface area (Å²) in [5.74, 6) is 0.0567. The van der Waals surface area contributed by atoms with Crippen LogP contribution in [-0.2, 0) is 4.79 Å². The zero-order valence-corrected chi connectivity index (χ0v) is 8.47. The standard InChI is InChI=1S/C13H11NO/c1-10(15)4-5-11-6-7-13-12(9-11)3-2-8-14-13/h2-9H,1H3. The third-order valence-corrected chi connectivity index (χ3v) is 2.14. The summed E-state index contributed by atoms with van der Waals surface area (Å²) in [6, 6.07) is 9.83. The van der Waals surface area contributed by atoms with Crippen molar-refractivity contribution in [1.82, 2.24) is 4.98 Å². The SMILES string of the molecule is CC(=O)C=Cc1ccc2ncccc2c1. The van der Waals surface area contributed by atoms with Gasteiger partial charge in [-0.3, -0.25) is 9.78 Å². The molecular formula is C13H11NO. The van der Waals surface area contributed by atoms with E-state index < -0.39 is 0 Å². The molecule has 2 heteroatoms. The van der Waals surface area contributed by atoms with Gasteiger partial charge in [-0.05, 0) is 36.8 Å². The summed E-state index contributed by atoms with van der Waals surface area (Å²) in [6.45, 7) is 1.54. The molecule has 2 nitrogen and oxygen atoms in total. The van der Waals surface area contributed by atoms with Gasteiger partial charge in [-0.2, -0.15) is 0 Å². The quantitative estimate of drug-likeness (QED) is 0.693. The van der Waals surface area contributed by atoms with Crippen LogP contribution in [0.3, 0.4) is 0 Å². The molecule has 0 fully saturated rings. The molecule has 0 amide bonds. The maximum atomic E-state index is 10.8. The summed E-state index contributed by atoms with van der Waals surface area (Å²) in [7, 11) is 0. The predicted octanol–water partition coefficient (Wildman–Crippen LogP) is 2.84. The average molecular weight is 197 g/mol. The Morgan fingerprint density at radius 2 is 2.20 bits per heavy atom. The molecule has 0 saturated heterocycles. The van der Waals surface area contributed by atoms with Crippen LogP contribution >= 0.6 is 0 Å². The number of nitrogens with zero attached hydrogens (tertiary/aromatic N) is 1. The molecule has 2 rings (SSSR count). The van der Waals surface area contributed by atoms with Gasteiger partial charge in [0.15, 0.2) is 5.78 Å². The molecule has 15 heavy (non-hydrogen) atoms. The van der Waals surface area contributed by atoms with Crippen molar-refractivity contribution in [2.45, 2.75) is 6.92 Å². The number of aromatic nitrogens is 1. The minimum atomic E-state index is 0.0567. The van der Waals surface area contributed by atoms with Gasteiger partial charge in [0.25, 0.3) is 0 Å². The highest BCUT2D eigenvalue weighted by molar-refractivity contribution is 5.92. The zero-order chi connectivity index (χ0) is 10.7. The van der Waals surface area contributed by atoms with E-state index in [1.165, 1.54) is 0 Å². The Bertz CT molecular complexity index is 529. The second kappa shape index (κ2) is 4.05. The van der Waals surface area contributed by atoms with Gasteiger partial charge in [-0.1, -0.05) is 18.2 Å². The first-order valence-electron chi connectivity index (χ1n) is 4.79. The molecule has 0 aliphatic rings. The number of hydrogen-bond acceptors (Lipinski definition) is 2. The molecule has 0 aliphatic carbocycles. The van der Waals surface area contributed by atoms with Crippen LogP contribution in [0.4, 0.5) is 0 Å². The second-order valence-electron chi connectivity index (χ2n) is 3.40. The van der Waals surface area contributed by atoms with Crippen LogP contribution < -0.4 is 0 Å². The third-order valence-electron chi connectivity index (χ3n) is 2.14. The van der Waals surface area contributed by atoms with Gasteiger partial charge < -0.3 is 0 Å². The van der Waals surface area contributed by atoms with E-state index in [4.69, 9.17) is 0 Å². The number of hydrogen-bond donors (Lipinski definition) is 0. The highest BCUT2D eigenvalue weighted by Gasteiger charge is 1.93. The molecule has 0 saturated carbocycles. The van der Waals surface area contributed by atoms with E-state index >= 15 is 0 Å². The van der Waals surface area contributed by atoms with E-state index in [1.54, 1.807) is 19.2 Å². The minimum Gasteiger partial charge on any atom is -0.295 e. The molecule has 1 heterocycles. The summed E-state index contributed by atoms with van der Waals surface area (Å²) in [4.78, 5) is 15.0. The lowest BCUT2D eigenvalue weighted by Crippen LogP contribution is -1.81. The van der Waals surface area contributed by atoms with Crippen molar-refractivity contribution in [3.63, 3.8) is 0 Å². The number of ketones is 1. The lowest BCUT2D eigenvalue weighted by atomic mass is 10.1. The average Bonchev–Trinajstić information content (AvgIpc) is 2.26. The van der Waals surface area contributed by atoms with Crippen molar-refractivity contribution in [1.29, 1.82) is 0 Å². The monoisotopic (exact) mass is 197 g/mol. The second-order valence-corrected chi connectivity index (χ2v) is 3.40. The maximum Gasteiger partial charge on any atom is 0.152 e. The van der Waals surface area contributed by atoms with E-state index in [-0.39, 0.29) is 5.78 Å². The van der Waals surface area contributed by atoms with Crippen LogP contribution in [0.5, 0.6) is 0 Å². The Morgan fingerprint density at radius 3 is 3.00 bits per heavy atom. The molecule has 0 bridgehead atoms. The van der Waals surface area contributed by atoms with Gasteiger partial charge in [0, 0.05) is 11.6 Å². The van der Waals surface area contributed by atoms with E-state index in [1.807, 2.05) is 36.4 Å². The summed E-state index contributed by atoms with van der Waals surface area (Å²) < 4.78 is 0. The van der Waals surface area contributed by atoms with Gasteiger partial charge in [-0.25, -0.2) is 0 Å². The number of pyridine rings is 1. The Labute approximate surface area is 88.3 Å². The van der Waals surface area contributed by atoms with Crippen molar-refractivity contribution < 1.29 is 4.79 Å². The first-order valence-corrected chi connectivity index (χ1v) is 4.79. The minimum absolute atomic E-state index is 0.0567. The molecule has 1 aromatic heterocycles. The number of carbonyl (C=O) groups is 1. The normalized spacial score (nSPS) is 11.0. The molecule has 0 atom stereocenters. The maximum absolute atomic E-state index is 10.8. The highest BCUT2D eigenvalue weighted by atomic mass is 16.1. The van der Waals surface area contributed by atoms with Crippen LogP contribution in [-0.4, -0.2) is 10.8 Å². The molecule has 2 aromatic rings.